The van der Waals surface area contributed by atoms with E-state index in [1.165, 1.54) is 0 Å². The average molecular weight is 237 g/mol. The van der Waals surface area contributed by atoms with Crippen LogP contribution in [0.25, 0.3) is 0 Å². The van der Waals surface area contributed by atoms with Crippen LogP contribution in [0.2, 0.25) is 0 Å². The van der Waals surface area contributed by atoms with Crippen LogP contribution in [0.3, 0.4) is 0 Å². The van der Waals surface area contributed by atoms with Crippen molar-refractivity contribution in [2.45, 2.75) is 39.7 Å². The Hall–Kier alpha value is -1.08. The zero-order valence-corrected chi connectivity index (χ0v) is 11.4. The zero-order valence-electron chi connectivity index (χ0n) is 11.4. The van der Waals surface area contributed by atoms with Gasteiger partial charge in [-0.1, -0.05) is 20.8 Å². The van der Waals surface area contributed by atoms with Crippen LogP contribution in [-0.4, -0.2) is 48.4 Å². The maximum atomic E-state index is 12.4. The normalized spacial score (nSPS) is 25.5. The highest BCUT2D eigenvalue weighted by Gasteiger charge is 2.37. The van der Waals surface area contributed by atoms with Crippen LogP contribution in [0.1, 0.15) is 33.6 Å². The third-order valence-corrected chi connectivity index (χ3v) is 3.20. The van der Waals surface area contributed by atoms with Crippen molar-refractivity contribution in [2.24, 2.45) is 5.41 Å². The smallest absolute Gasteiger partial charge is 0.241 e. The topological polar surface area (TPSA) is 47.3 Å². The first-order valence-corrected chi connectivity index (χ1v) is 6.27. The Morgan fingerprint density at radius 2 is 2.12 bits per heavy atom. The summed E-state index contributed by atoms with van der Waals surface area (Å²) >= 11 is 0. The molecule has 0 radical (unpaired) electrons. The van der Waals surface area contributed by atoms with Gasteiger partial charge in [-0.05, 0) is 18.9 Å². The van der Waals surface area contributed by atoms with Crippen LogP contribution >= 0.6 is 0 Å². The van der Waals surface area contributed by atoms with Gasteiger partial charge in [0.1, 0.15) is 6.04 Å². The van der Waals surface area contributed by atoms with E-state index < -0.39 is 0 Å². The molecule has 1 atom stereocenters. The summed E-state index contributed by atoms with van der Waals surface area (Å²) in [5.74, 6) is 0.112. The monoisotopic (exact) mass is 237 g/mol. The molecule has 4 heteroatoms. The maximum absolute atomic E-state index is 12.4. The summed E-state index contributed by atoms with van der Waals surface area (Å²) in [7, 11) is 1.94. The van der Waals surface area contributed by atoms with Crippen LogP contribution in [0, 0.1) is 16.7 Å². The molecule has 1 unspecified atom stereocenters. The maximum Gasteiger partial charge on any atom is 0.241 e. The van der Waals surface area contributed by atoms with E-state index in [9.17, 15) is 4.79 Å². The van der Waals surface area contributed by atoms with Gasteiger partial charge in [-0.3, -0.25) is 9.69 Å². The molecule has 0 N–H and O–H groups in total. The fourth-order valence-corrected chi connectivity index (χ4v) is 2.62. The van der Waals surface area contributed by atoms with Crippen molar-refractivity contribution in [3.05, 3.63) is 0 Å². The van der Waals surface area contributed by atoms with Crippen LogP contribution < -0.4 is 0 Å². The second kappa shape index (κ2) is 5.50. The summed E-state index contributed by atoms with van der Waals surface area (Å²) in [6, 6.07) is 1.86. The molecule has 1 saturated heterocycles. The zero-order chi connectivity index (χ0) is 13.1. The van der Waals surface area contributed by atoms with Crippen molar-refractivity contribution in [1.82, 2.24) is 9.80 Å². The lowest BCUT2D eigenvalue weighted by atomic mass is 9.92. The molecule has 4 nitrogen and oxygen atoms in total. The Morgan fingerprint density at radius 1 is 1.47 bits per heavy atom. The standard InChI is InChI=1S/C13H23N3O/c1-5-8-16-10-13(2,3)9-15(4)11(6-7-14)12(16)17/h11H,5-6,8-10H2,1-4H3. The van der Waals surface area contributed by atoms with E-state index in [2.05, 4.69) is 26.8 Å². The second-order valence-corrected chi connectivity index (χ2v) is 5.72. The summed E-state index contributed by atoms with van der Waals surface area (Å²) in [5, 5.41) is 8.84. The minimum absolute atomic E-state index is 0.0871. The van der Waals surface area contributed by atoms with Crippen molar-refractivity contribution in [2.75, 3.05) is 26.7 Å². The molecule has 96 valence electrons. The van der Waals surface area contributed by atoms with Gasteiger partial charge in [0.2, 0.25) is 5.91 Å². The van der Waals surface area contributed by atoms with Gasteiger partial charge in [0.25, 0.3) is 0 Å². The Morgan fingerprint density at radius 3 is 2.65 bits per heavy atom. The number of likely N-dealkylation sites (N-methyl/N-ethyl adjacent to an activating group) is 1. The minimum atomic E-state index is -0.270. The number of hydrogen-bond donors (Lipinski definition) is 0. The Labute approximate surface area is 104 Å². The predicted molar refractivity (Wildman–Crippen MR) is 67.3 cm³/mol. The average Bonchev–Trinajstić information content (AvgIpc) is 2.29. The van der Waals surface area contributed by atoms with Crippen LogP contribution in [-0.2, 0) is 4.79 Å². The highest BCUT2D eigenvalue weighted by molar-refractivity contribution is 5.82. The molecule has 0 aromatic rings. The van der Waals surface area contributed by atoms with Gasteiger partial charge in [0.15, 0.2) is 0 Å². The van der Waals surface area contributed by atoms with Gasteiger partial charge in [0, 0.05) is 19.6 Å². The van der Waals surface area contributed by atoms with Crippen LogP contribution in [0.5, 0.6) is 0 Å². The van der Waals surface area contributed by atoms with E-state index in [-0.39, 0.29) is 23.8 Å². The lowest BCUT2D eigenvalue weighted by molar-refractivity contribution is -0.135. The van der Waals surface area contributed by atoms with Gasteiger partial charge in [-0.25, -0.2) is 0 Å². The summed E-state index contributed by atoms with van der Waals surface area (Å²) in [6.07, 6.45) is 1.25. The molecule has 1 rings (SSSR count). The van der Waals surface area contributed by atoms with Crippen molar-refractivity contribution < 1.29 is 4.79 Å². The lowest BCUT2D eigenvalue weighted by Crippen LogP contribution is -2.44. The van der Waals surface area contributed by atoms with Crippen LogP contribution in [0.15, 0.2) is 0 Å². The number of nitriles is 1. The molecule has 0 aromatic carbocycles. The molecular formula is C13H23N3O. The van der Waals surface area contributed by atoms with E-state index in [4.69, 9.17) is 5.26 Å². The first-order valence-electron chi connectivity index (χ1n) is 6.27. The number of carbonyl (C=O) groups is 1. The van der Waals surface area contributed by atoms with Gasteiger partial charge < -0.3 is 4.90 Å². The Balaban J connectivity index is 2.94. The van der Waals surface area contributed by atoms with Crippen molar-refractivity contribution in [3.8, 4) is 6.07 Å². The van der Waals surface area contributed by atoms with Gasteiger partial charge in [-0.2, -0.15) is 5.26 Å². The molecule has 0 aliphatic carbocycles. The minimum Gasteiger partial charge on any atom is -0.341 e. The first-order chi connectivity index (χ1) is 7.91. The van der Waals surface area contributed by atoms with Gasteiger partial charge >= 0.3 is 0 Å². The molecule has 0 saturated carbocycles. The highest BCUT2D eigenvalue weighted by atomic mass is 16.2. The molecule has 1 aliphatic heterocycles. The molecule has 0 aromatic heterocycles. The lowest BCUT2D eigenvalue weighted by Gasteiger charge is -2.29. The summed E-state index contributed by atoms with van der Waals surface area (Å²) < 4.78 is 0. The number of nitrogens with zero attached hydrogens (tertiary/aromatic N) is 3. The largest absolute Gasteiger partial charge is 0.341 e. The van der Waals surface area contributed by atoms with E-state index in [0.717, 1.165) is 26.1 Å². The molecule has 1 heterocycles. The summed E-state index contributed by atoms with van der Waals surface area (Å²) in [4.78, 5) is 16.3. The van der Waals surface area contributed by atoms with E-state index in [1.807, 2.05) is 16.8 Å². The van der Waals surface area contributed by atoms with Crippen molar-refractivity contribution in [1.29, 1.82) is 5.26 Å². The third-order valence-electron chi connectivity index (χ3n) is 3.20. The Kier molecular flexibility index (Phi) is 4.53. The number of amides is 1. The molecule has 1 fully saturated rings. The molecule has 1 aliphatic rings. The second-order valence-electron chi connectivity index (χ2n) is 5.72. The Bertz CT molecular complexity index is 319. The van der Waals surface area contributed by atoms with Crippen LogP contribution in [0.4, 0.5) is 0 Å². The first kappa shape index (κ1) is 14.0. The van der Waals surface area contributed by atoms with E-state index >= 15 is 0 Å². The molecule has 1 amide bonds. The fourth-order valence-electron chi connectivity index (χ4n) is 2.62. The number of rotatable bonds is 3. The van der Waals surface area contributed by atoms with Crippen molar-refractivity contribution in [3.63, 3.8) is 0 Å². The molecular weight excluding hydrogens is 214 g/mol. The van der Waals surface area contributed by atoms with Gasteiger partial charge in [-0.15, -0.1) is 0 Å². The number of hydrogen-bond acceptors (Lipinski definition) is 3. The molecule has 17 heavy (non-hydrogen) atoms. The number of carbonyl (C=O) groups excluding carboxylic acids is 1. The third kappa shape index (κ3) is 3.44. The van der Waals surface area contributed by atoms with E-state index in [0.29, 0.717) is 0 Å². The molecule has 0 spiro atoms. The fraction of sp³-hybridized carbons (Fsp3) is 0.846. The summed E-state index contributed by atoms with van der Waals surface area (Å²) in [5.41, 5.74) is 0.0871. The van der Waals surface area contributed by atoms with Gasteiger partial charge in [0.05, 0.1) is 12.5 Å². The summed E-state index contributed by atoms with van der Waals surface area (Å²) in [6.45, 7) is 8.85. The SMILES string of the molecule is CCCN1CC(C)(C)CN(C)C(CC#N)C1=O. The molecule has 0 bridgehead atoms. The quantitative estimate of drug-likeness (QED) is 0.747. The predicted octanol–water partition coefficient (Wildman–Crippen LogP) is 1.48. The highest BCUT2D eigenvalue weighted by Crippen LogP contribution is 2.25. The van der Waals surface area contributed by atoms with Crippen molar-refractivity contribution >= 4 is 5.91 Å². The van der Waals surface area contributed by atoms with E-state index in [1.54, 1.807) is 0 Å².